The van der Waals surface area contributed by atoms with E-state index in [1.165, 1.54) is 19.3 Å². The van der Waals surface area contributed by atoms with E-state index in [1.807, 2.05) is 54.6 Å². The van der Waals surface area contributed by atoms with Crippen LogP contribution in [0.2, 0.25) is 0 Å². The van der Waals surface area contributed by atoms with Crippen LogP contribution < -0.4 is 5.32 Å². The van der Waals surface area contributed by atoms with Gasteiger partial charge in [0.15, 0.2) is 5.82 Å². The molecule has 0 spiro atoms. The molecule has 0 saturated heterocycles. The van der Waals surface area contributed by atoms with E-state index in [1.54, 1.807) is 4.68 Å². The molecule has 1 aliphatic rings. The van der Waals surface area contributed by atoms with Gasteiger partial charge in [-0.1, -0.05) is 65.5 Å². The van der Waals surface area contributed by atoms with Crippen molar-refractivity contribution in [2.24, 2.45) is 0 Å². The topological polar surface area (TPSA) is 59.8 Å². The van der Waals surface area contributed by atoms with Gasteiger partial charge in [0.2, 0.25) is 5.82 Å². The second-order valence-corrected chi connectivity index (χ2v) is 7.74. The smallest absolute Gasteiger partial charge is 0.291 e. The fourth-order valence-corrected chi connectivity index (χ4v) is 3.70. The van der Waals surface area contributed by atoms with Crippen LogP contribution in [0, 0.1) is 0 Å². The molecule has 1 aromatic heterocycles. The number of nitrogens with zero attached hydrogens (tertiary/aromatic N) is 3. The summed E-state index contributed by atoms with van der Waals surface area (Å²) >= 11 is 3.46. The molecule has 0 aliphatic heterocycles. The molecule has 3 aromatic rings. The second kappa shape index (κ2) is 8.05. The van der Waals surface area contributed by atoms with Crippen LogP contribution in [0.5, 0.6) is 0 Å². The van der Waals surface area contributed by atoms with Crippen molar-refractivity contribution in [3.63, 3.8) is 0 Å². The van der Waals surface area contributed by atoms with E-state index < -0.39 is 0 Å². The van der Waals surface area contributed by atoms with Gasteiger partial charge in [-0.15, -0.1) is 5.10 Å². The first-order valence-electron chi connectivity index (χ1n) is 9.30. The molecule has 1 fully saturated rings. The average molecular weight is 425 g/mol. The molecule has 138 valence electrons. The summed E-state index contributed by atoms with van der Waals surface area (Å²) < 4.78 is 2.73. The Balaban J connectivity index is 1.69. The summed E-state index contributed by atoms with van der Waals surface area (Å²) in [5.41, 5.74) is 1.78. The van der Waals surface area contributed by atoms with E-state index in [0.717, 1.165) is 28.6 Å². The molecule has 4 rings (SSSR count). The highest BCUT2D eigenvalue weighted by atomic mass is 79.9. The lowest BCUT2D eigenvalue weighted by atomic mass is 9.95. The van der Waals surface area contributed by atoms with E-state index >= 15 is 0 Å². The summed E-state index contributed by atoms with van der Waals surface area (Å²) in [5, 5.41) is 7.63. The summed E-state index contributed by atoms with van der Waals surface area (Å²) in [4.78, 5) is 17.3. The number of hydrogen-bond donors (Lipinski definition) is 1. The Hall–Kier alpha value is -2.47. The third-order valence-corrected chi connectivity index (χ3v) is 5.38. The Morgan fingerprint density at radius 1 is 1.00 bits per heavy atom. The molecule has 1 aliphatic carbocycles. The molecule has 0 radical (unpaired) electrons. The normalized spacial score (nSPS) is 14.9. The first-order valence-corrected chi connectivity index (χ1v) is 10.1. The molecule has 27 heavy (non-hydrogen) atoms. The van der Waals surface area contributed by atoms with Crippen LogP contribution in [0.3, 0.4) is 0 Å². The Bertz CT molecular complexity index is 915. The molecule has 0 bridgehead atoms. The average Bonchev–Trinajstić information content (AvgIpc) is 3.16. The fraction of sp³-hybridized carbons (Fsp3) is 0.286. The number of carbonyl (C=O) groups excluding carboxylic acids is 1. The van der Waals surface area contributed by atoms with Crippen molar-refractivity contribution in [1.29, 1.82) is 0 Å². The van der Waals surface area contributed by atoms with Crippen LogP contribution in [-0.2, 0) is 0 Å². The first kappa shape index (κ1) is 17.9. The zero-order valence-corrected chi connectivity index (χ0v) is 16.5. The third-order valence-electron chi connectivity index (χ3n) is 4.85. The van der Waals surface area contributed by atoms with Crippen molar-refractivity contribution in [3.05, 3.63) is 64.9 Å². The van der Waals surface area contributed by atoms with Crippen molar-refractivity contribution in [3.8, 4) is 17.1 Å². The van der Waals surface area contributed by atoms with Gasteiger partial charge in [0, 0.05) is 16.1 Å². The van der Waals surface area contributed by atoms with Crippen LogP contribution >= 0.6 is 15.9 Å². The van der Waals surface area contributed by atoms with Gasteiger partial charge in [-0.3, -0.25) is 4.79 Å². The highest BCUT2D eigenvalue weighted by Gasteiger charge is 2.22. The number of halogens is 1. The quantitative estimate of drug-likeness (QED) is 0.656. The molecular formula is C21H21BrN4O. The largest absolute Gasteiger partial charge is 0.347 e. The van der Waals surface area contributed by atoms with Crippen molar-refractivity contribution in [2.45, 2.75) is 38.1 Å². The number of para-hydroxylation sites is 1. The minimum absolute atomic E-state index is 0.199. The fourth-order valence-electron chi connectivity index (χ4n) is 3.44. The zero-order chi connectivity index (χ0) is 18.6. The molecule has 2 aromatic carbocycles. The number of amides is 1. The molecule has 5 nitrogen and oxygen atoms in total. The Morgan fingerprint density at radius 3 is 2.41 bits per heavy atom. The number of hydrogen-bond acceptors (Lipinski definition) is 3. The molecule has 6 heteroatoms. The summed E-state index contributed by atoms with van der Waals surface area (Å²) in [6, 6.07) is 17.9. The van der Waals surface area contributed by atoms with E-state index in [-0.39, 0.29) is 17.8 Å². The van der Waals surface area contributed by atoms with Gasteiger partial charge in [0.25, 0.3) is 5.91 Å². The van der Waals surface area contributed by atoms with Gasteiger partial charge >= 0.3 is 0 Å². The lowest BCUT2D eigenvalue weighted by Crippen LogP contribution is -2.36. The SMILES string of the molecule is O=C(NC1CCCCC1)c1nc(-c2ccc(Br)cc2)n(-c2ccccc2)n1. The van der Waals surface area contributed by atoms with E-state index in [2.05, 4.69) is 31.3 Å². The molecule has 1 saturated carbocycles. The number of carbonyl (C=O) groups is 1. The second-order valence-electron chi connectivity index (χ2n) is 6.82. The van der Waals surface area contributed by atoms with Gasteiger partial charge in [-0.25, -0.2) is 9.67 Å². The molecule has 0 atom stereocenters. The van der Waals surface area contributed by atoms with Crippen LogP contribution in [0.15, 0.2) is 59.1 Å². The number of rotatable bonds is 4. The number of benzene rings is 2. The van der Waals surface area contributed by atoms with Gasteiger partial charge in [0.05, 0.1) is 5.69 Å². The molecular weight excluding hydrogens is 404 g/mol. The van der Waals surface area contributed by atoms with E-state index in [4.69, 9.17) is 0 Å². The van der Waals surface area contributed by atoms with Crippen LogP contribution in [0.4, 0.5) is 0 Å². The number of nitrogens with one attached hydrogen (secondary N) is 1. The Morgan fingerprint density at radius 2 is 1.70 bits per heavy atom. The lowest BCUT2D eigenvalue weighted by Gasteiger charge is -2.21. The van der Waals surface area contributed by atoms with Gasteiger partial charge in [-0.2, -0.15) is 0 Å². The minimum Gasteiger partial charge on any atom is -0.347 e. The number of aromatic nitrogens is 3. The van der Waals surface area contributed by atoms with E-state index in [9.17, 15) is 4.79 Å². The lowest BCUT2D eigenvalue weighted by molar-refractivity contribution is 0.0917. The summed E-state index contributed by atoms with van der Waals surface area (Å²) in [7, 11) is 0. The van der Waals surface area contributed by atoms with Crippen LogP contribution in [0.1, 0.15) is 42.7 Å². The third kappa shape index (κ3) is 4.11. The highest BCUT2D eigenvalue weighted by molar-refractivity contribution is 9.10. The van der Waals surface area contributed by atoms with Gasteiger partial charge in [0.1, 0.15) is 0 Å². The van der Waals surface area contributed by atoms with E-state index in [0.29, 0.717) is 5.82 Å². The van der Waals surface area contributed by atoms with Crippen LogP contribution in [0.25, 0.3) is 17.1 Å². The van der Waals surface area contributed by atoms with Crippen LogP contribution in [-0.4, -0.2) is 26.7 Å². The molecule has 1 heterocycles. The maximum absolute atomic E-state index is 12.7. The van der Waals surface area contributed by atoms with Crippen molar-refractivity contribution >= 4 is 21.8 Å². The van der Waals surface area contributed by atoms with Crippen molar-refractivity contribution < 1.29 is 4.79 Å². The summed E-state index contributed by atoms with van der Waals surface area (Å²) in [5.74, 6) is 0.666. The monoisotopic (exact) mass is 424 g/mol. The minimum atomic E-state index is -0.199. The van der Waals surface area contributed by atoms with Crippen molar-refractivity contribution in [1.82, 2.24) is 20.1 Å². The standard InChI is InChI=1S/C21H21BrN4O/c22-16-13-11-15(12-14-16)20-24-19(21(27)23-17-7-3-1-4-8-17)25-26(20)18-9-5-2-6-10-18/h2,5-6,9-14,17H,1,3-4,7-8H2,(H,23,27). The predicted octanol–water partition coefficient (Wildman–Crippen LogP) is 4.76. The van der Waals surface area contributed by atoms with Crippen molar-refractivity contribution in [2.75, 3.05) is 0 Å². The first-order chi connectivity index (χ1) is 13.2. The van der Waals surface area contributed by atoms with Gasteiger partial charge < -0.3 is 5.32 Å². The Labute approximate surface area is 167 Å². The zero-order valence-electron chi connectivity index (χ0n) is 14.9. The maximum atomic E-state index is 12.7. The highest BCUT2D eigenvalue weighted by Crippen LogP contribution is 2.23. The summed E-state index contributed by atoms with van der Waals surface area (Å²) in [6.45, 7) is 0. The predicted molar refractivity (Wildman–Crippen MR) is 109 cm³/mol. The molecule has 0 unspecified atom stereocenters. The maximum Gasteiger partial charge on any atom is 0.291 e. The van der Waals surface area contributed by atoms with Gasteiger partial charge in [-0.05, 0) is 37.1 Å². The summed E-state index contributed by atoms with van der Waals surface area (Å²) in [6.07, 6.45) is 5.65. The Kier molecular flexibility index (Phi) is 5.34. The molecule has 1 amide bonds. The molecule has 1 N–H and O–H groups in total.